The molecule has 1 unspecified atom stereocenters. The number of rotatable bonds is 4. The van der Waals surface area contributed by atoms with E-state index in [9.17, 15) is 13.2 Å². The minimum absolute atomic E-state index is 0.0735. The molecule has 90 valence electrons. The van der Waals surface area contributed by atoms with Gasteiger partial charge in [0.05, 0.1) is 12.0 Å². The second-order valence-electron chi connectivity index (χ2n) is 4.10. The van der Waals surface area contributed by atoms with Crippen LogP contribution < -0.4 is 0 Å². The Bertz CT molecular complexity index is 357. The van der Waals surface area contributed by atoms with Crippen LogP contribution in [0.15, 0.2) is 12.5 Å². The van der Waals surface area contributed by atoms with E-state index in [2.05, 4.69) is 9.72 Å². The third-order valence-corrected chi connectivity index (χ3v) is 2.62. The highest BCUT2D eigenvalue weighted by Gasteiger charge is 2.42. The van der Waals surface area contributed by atoms with E-state index in [1.165, 1.54) is 12.5 Å². The third-order valence-electron chi connectivity index (χ3n) is 2.62. The summed E-state index contributed by atoms with van der Waals surface area (Å²) >= 11 is 0. The van der Waals surface area contributed by atoms with Crippen LogP contribution >= 0.6 is 0 Å². The molecule has 1 fully saturated rings. The number of halogens is 3. The highest BCUT2D eigenvalue weighted by molar-refractivity contribution is 5.04. The number of hydrogen-bond acceptors (Lipinski definition) is 2. The quantitative estimate of drug-likeness (QED) is 0.800. The monoisotopic (exact) mass is 234 g/mol. The Labute approximate surface area is 91.2 Å². The van der Waals surface area contributed by atoms with E-state index < -0.39 is 12.3 Å². The van der Waals surface area contributed by atoms with Gasteiger partial charge in [-0.05, 0) is 18.8 Å². The molecule has 1 atom stereocenters. The van der Waals surface area contributed by atoms with E-state index in [1.807, 2.05) is 0 Å². The van der Waals surface area contributed by atoms with Crippen LogP contribution in [-0.2, 0) is 11.3 Å². The van der Waals surface area contributed by atoms with E-state index in [0.717, 1.165) is 26.5 Å². The summed E-state index contributed by atoms with van der Waals surface area (Å²) in [5.41, 5.74) is -0.0735. The summed E-state index contributed by atoms with van der Waals surface area (Å²) in [5.74, 6) is 0.605. The standard InChI is InChI=1S/C10H13F3N2O/c1-16-9(10(11,12)13)8-5-15(6-14-8)4-7-2-3-7/h5-7,9H,2-4H2,1H3. The smallest absolute Gasteiger partial charge is 0.366 e. The van der Waals surface area contributed by atoms with Gasteiger partial charge in [-0.3, -0.25) is 0 Å². The fourth-order valence-electron chi connectivity index (χ4n) is 1.63. The number of imidazole rings is 1. The predicted octanol–water partition coefficient (Wildman–Crippen LogP) is 2.54. The predicted molar refractivity (Wildman–Crippen MR) is 50.8 cm³/mol. The summed E-state index contributed by atoms with van der Waals surface area (Å²) in [6, 6.07) is 0. The summed E-state index contributed by atoms with van der Waals surface area (Å²) in [4.78, 5) is 3.75. The molecule has 0 N–H and O–H groups in total. The molecule has 0 amide bonds. The zero-order valence-corrected chi connectivity index (χ0v) is 8.87. The molecule has 0 saturated heterocycles. The van der Waals surface area contributed by atoms with Gasteiger partial charge in [-0.1, -0.05) is 0 Å². The van der Waals surface area contributed by atoms with Gasteiger partial charge in [0.1, 0.15) is 0 Å². The zero-order valence-electron chi connectivity index (χ0n) is 8.87. The van der Waals surface area contributed by atoms with E-state index in [1.54, 1.807) is 4.57 Å². The molecule has 0 radical (unpaired) electrons. The molecule has 3 nitrogen and oxygen atoms in total. The molecule has 1 heterocycles. The molecular weight excluding hydrogens is 221 g/mol. The molecule has 1 aliphatic rings. The van der Waals surface area contributed by atoms with E-state index in [4.69, 9.17) is 0 Å². The largest absolute Gasteiger partial charge is 0.420 e. The average Bonchev–Trinajstić information content (AvgIpc) is 2.85. The number of hydrogen-bond donors (Lipinski definition) is 0. The van der Waals surface area contributed by atoms with Gasteiger partial charge in [-0.25, -0.2) is 4.98 Å². The lowest BCUT2D eigenvalue weighted by Gasteiger charge is -2.16. The highest BCUT2D eigenvalue weighted by Crippen LogP contribution is 2.35. The second kappa shape index (κ2) is 4.08. The van der Waals surface area contributed by atoms with Crippen molar-refractivity contribution in [2.45, 2.75) is 31.7 Å². The fourth-order valence-corrected chi connectivity index (χ4v) is 1.63. The molecule has 1 aromatic rings. The first-order chi connectivity index (χ1) is 7.50. The van der Waals surface area contributed by atoms with Gasteiger partial charge in [0.2, 0.25) is 0 Å². The summed E-state index contributed by atoms with van der Waals surface area (Å²) in [5, 5.41) is 0. The average molecular weight is 234 g/mol. The van der Waals surface area contributed by atoms with Crippen molar-refractivity contribution in [3.63, 3.8) is 0 Å². The molecule has 0 spiro atoms. The number of nitrogens with zero attached hydrogens (tertiary/aromatic N) is 2. The molecule has 0 bridgehead atoms. The van der Waals surface area contributed by atoms with E-state index >= 15 is 0 Å². The van der Waals surface area contributed by atoms with Gasteiger partial charge in [0.15, 0.2) is 6.10 Å². The number of ether oxygens (including phenoxy) is 1. The van der Waals surface area contributed by atoms with Gasteiger partial charge < -0.3 is 9.30 Å². The maximum absolute atomic E-state index is 12.5. The lowest BCUT2D eigenvalue weighted by atomic mass is 10.2. The summed E-state index contributed by atoms with van der Waals surface area (Å²) in [6.45, 7) is 0.751. The van der Waals surface area contributed by atoms with Crippen LogP contribution in [0, 0.1) is 5.92 Å². The van der Waals surface area contributed by atoms with Crippen LogP contribution in [0.1, 0.15) is 24.6 Å². The fraction of sp³-hybridized carbons (Fsp3) is 0.700. The van der Waals surface area contributed by atoms with E-state index in [0.29, 0.717) is 5.92 Å². The minimum Gasteiger partial charge on any atom is -0.366 e. The van der Waals surface area contributed by atoms with Gasteiger partial charge in [-0.15, -0.1) is 0 Å². The first-order valence-corrected chi connectivity index (χ1v) is 5.12. The first kappa shape index (κ1) is 11.4. The summed E-state index contributed by atoms with van der Waals surface area (Å²) in [7, 11) is 1.04. The number of alkyl halides is 3. The maximum Gasteiger partial charge on any atom is 0.420 e. The number of methoxy groups -OCH3 is 1. The van der Waals surface area contributed by atoms with Gasteiger partial charge >= 0.3 is 6.18 Å². The van der Waals surface area contributed by atoms with Crippen molar-refractivity contribution in [2.75, 3.05) is 7.11 Å². The van der Waals surface area contributed by atoms with Crippen molar-refractivity contribution in [3.05, 3.63) is 18.2 Å². The summed E-state index contributed by atoms with van der Waals surface area (Å²) < 4.78 is 43.7. The van der Waals surface area contributed by atoms with Crippen LogP contribution in [0.5, 0.6) is 0 Å². The van der Waals surface area contributed by atoms with Crippen LogP contribution in [0.4, 0.5) is 13.2 Å². The Kier molecular flexibility index (Phi) is 2.92. The third kappa shape index (κ3) is 2.55. The van der Waals surface area contributed by atoms with Gasteiger partial charge in [0, 0.05) is 19.9 Å². The molecule has 2 rings (SSSR count). The molecule has 6 heteroatoms. The topological polar surface area (TPSA) is 27.1 Å². The first-order valence-electron chi connectivity index (χ1n) is 5.12. The Morgan fingerprint density at radius 2 is 2.25 bits per heavy atom. The molecule has 16 heavy (non-hydrogen) atoms. The van der Waals surface area contributed by atoms with Crippen molar-refractivity contribution in [2.24, 2.45) is 5.92 Å². The van der Waals surface area contributed by atoms with Crippen molar-refractivity contribution >= 4 is 0 Å². The number of aromatic nitrogens is 2. The Morgan fingerprint density at radius 1 is 1.56 bits per heavy atom. The Morgan fingerprint density at radius 3 is 2.75 bits per heavy atom. The Balaban J connectivity index is 2.09. The minimum atomic E-state index is -4.41. The lowest BCUT2D eigenvalue weighted by molar-refractivity contribution is -0.217. The van der Waals surface area contributed by atoms with Crippen molar-refractivity contribution in [1.82, 2.24) is 9.55 Å². The van der Waals surface area contributed by atoms with Gasteiger partial charge in [0.25, 0.3) is 0 Å². The van der Waals surface area contributed by atoms with Crippen LogP contribution in [0.2, 0.25) is 0 Å². The maximum atomic E-state index is 12.5. The van der Waals surface area contributed by atoms with E-state index in [-0.39, 0.29) is 5.69 Å². The van der Waals surface area contributed by atoms with Crippen LogP contribution in [0.3, 0.4) is 0 Å². The van der Waals surface area contributed by atoms with Crippen molar-refractivity contribution in [3.8, 4) is 0 Å². The zero-order chi connectivity index (χ0) is 11.8. The van der Waals surface area contributed by atoms with Crippen molar-refractivity contribution in [1.29, 1.82) is 0 Å². The normalized spacial score (nSPS) is 18.8. The summed E-state index contributed by atoms with van der Waals surface area (Å²) in [6.07, 6.45) is -1.17. The SMILES string of the molecule is COC(c1cn(CC2CC2)cn1)C(F)(F)F. The van der Waals surface area contributed by atoms with Crippen LogP contribution in [-0.4, -0.2) is 22.8 Å². The molecule has 1 saturated carbocycles. The van der Waals surface area contributed by atoms with Crippen molar-refractivity contribution < 1.29 is 17.9 Å². The molecule has 0 aliphatic heterocycles. The lowest BCUT2D eigenvalue weighted by Crippen LogP contribution is -2.22. The second-order valence-corrected chi connectivity index (χ2v) is 4.10. The molecule has 1 aromatic heterocycles. The highest BCUT2D eigenvalue weighted by atomic mass is 19.4. The Hall–Kier alpha value is -1.04. The van der Waals surface area contributed by atoms with Crippen LogP contribution in [0.25, 0.3) is 0 Å². The van der Waals surface area contributed by atoms with Gasteiger partial charge in [-0.2, -0.15) is 13.2 Å². The molecule has 0 aromatic carbocycles. The molecular formula is C10H13F3N2O. The molecule has 1 aliphatic carbocycles.